The molecule has 2 amide bonds. The maximum atomic E-state index is 12.9. The third-order valence-corrected chi connectivity index (χ3v) is 4.62. The average molecular weight is 388 g/mol. The number of carbonyl (C=O) groups excluding carboxylic acids is 2. The minimum Gasteiger partial charge on any atom is -0.467 e. The summed E-state index contributed by atoms with van der Waals surface area (Å²) >= 11 is 0. The summed E-state index contributed by atoms with van der Waals surface area (Å²) in [4.78, 5) is 30.0. The number of furan rings is 1. The maximum Gasteiger partial charge on any atom is 0.292 e. The number of carbonyl (C=O) groups is 2. The number of benzene rings is 1. The maximum absolute atomic E-state index is 12.9. The number of nitrogens with one attached hydrogen (secondary N) is 2. The first-order chi connectivity index (χ1) is 14.2. The van der Waals surface area contributed by atoms with Gasteiger partial charge < -0.3 is 15.1 Å². The van der Waals surface area contributed by atoms with Gasteiger partial charge in [-0.15, -0.1) is 0 Å². The lowest BCUT2D eigenvalue weighted by atomic mass is 10.1. The molecule has 0 aliphatic heterocycles. The zero-order valence-electron chi connectivity index (χ0n) is 15.9. The first-order valence-corrected chi connectivity index (χ1v) is 9.34. The van der Waals surface area contributed by atoms with Crippen molar-refractivity contribution in [3.05, 3.63) is 89.9 Å². The van der Waals surface area contributed by atoms with Crippen LogP contribution in [0.25, 0.3) is 5.52 Å². The number of imidazole rings is 1. The van der Waals surface area contributed by atoms with E-state index in [4.69, 9.17) is 4.42 Å². The number of pyridine rings is 1. The molecule has 7 nitrogen and oxygen atoms in total. The summed E-state index contributed by atoms with van der Waals surface area (Å²) in [5, 5.41) is 5.68. The van der Waals surface area contributed by atoms with Gasteiger partial charge in [0, 0.05) is 11.9 Å². The topological polar surface area (TPSA) is 88.6 Å². The van der Waals surface area contributed by atoms with Crippen LogP contribution in [0.4, 0.5) is 5.69 Å². The number of hydrogen-bond donors (Lipinski definition) is 2. The third-order valence-electron chi connectivity index (χ3n) is 4.62. The summed E-state index contributed by atoms with van der Waals surface area (Å²) in [6.07, 6.45) is 4.05. The molecule has 29 heavy (non-hydrogen) atoms. The second-order valence-corrected chi connectivity index (χ2v) is 6.47. The molecule has 146 valence electrons. The van der Waals surface area contributed by atoms with Crippen molar-refractivity contribution in [2.45, 2.75) is 19.9 Å². The number of aromatic nitrogens is 2. The molecule has 0 fully saturated rings. The van der Waals surface area contributed by atoms with Gasteiger partial charge in [-0.3, -0.25) is 14.0 Å². The van der Waals surface area contributed by atoms with Crippen molar-refractivity contribution in [2.24, 2.45) is 0 Å². The van der Waals surface area contributed by atoms with E-state index in [0.717, 1.165) is 17.7 Å². The molecular formula is C22H20N4O3. The van der Waals surface area contributed by atoms with Gasteiger partial charge in [-0.25, -0.2) is 4.98 Å². The van der Waals surface area contributed by atoms with E-state index in [1.807, 2.05) is 31.2 Å². The van der Waals surface area contributed by atoms with Crippen LogP contribution in [0.15, 0.2) is 71.5 Å². The standard InChI is InChI=1S/C22H20N4O3/c1-2-15-8-3-4-10-17(15)24-22(28)20-25-19(18-11-5-6-12-26(18)20)21(27)23-14-16-9-7-13-29-16/h3-13H,2,14H2,1H3,(H,23,27)(H,24,28). The van der Waals surface area contributed by atoms with E-state index >= 15 is 0 Å². The van der Waals surface area contributed by atoms with E-state index in [2.05, 4.69) is 15.6 Å². The van der Waals surface area contributed by atoms with Crippen LogP contribution in [0.5, 0.6) is 0 Å². The molecule has 7 heteroatoms. The fourth-order valence-electron chi connectivity index (χ4n) is 3.16. The van der Waals surface area contributed by atoms with Crippen molar-refractivity contribution in [1.82, 2.24) is 14.7 Å². The molecule has 0 radical (unpaired) electrons. The van der Waals surface area contributed by atoms with Gasteiger partial charge in [-0.05, 0) is 42.3 Å². The van der Waals surface area contributed by atoms with E-state index in [-0.39, 0.29) is 29.9 Å². The number of nitrogens with zero attached hydrogens (tertiary/aromatic N) is 2. The van der Waals surface area contributed by atoms with Crippen molar-refractivity contribution in [3.8, 4) is 0 Å². The van der Waals surface area contributed by atoms with Crippen molar-refractivity contribution >= 4 is 23.0 Å². The van der Waals surface area contributed by atoms with Gasteiger partial charge in [0.05, 0.1) is 18.3 Å². The molecule has 0 spiro atoms. The molecule has 4 rings (SSSR count). The Kier molecular flexibility index (Phi) is 5.11. The van der Waals surface area contributed by atoms with Crippen molar-refractivity contribution < 1.29 is 14.0 Å². The molecule has 4 aromatic rings. The van der Waals surface area contributed by atoms with Crippen LogP contribution < -0.4 is 10.6 Å². The Labute approximate surface area is 167 Å². The summed E-state index contributed by atoms with van der Waals surface area (Å²) in [5.41, 5.74) is 2.50. The van der Waals surface area contributed by atoms with Crippen LogP contribution in [-0.2, 0) is 13.0 Å². The second-order valence-electron chi connectivity index (χ2n) is 6.47. The number of anilines is 1. The Balaban J connectivity index is 1.63. The summed E-state index contributed by atoms with van der Waals surface area (Å²) < 4.78 is 6.85. The highest BCUT2D eigenvalue weighted by Crippen LogP contribution is 2.18. The molecule has 3 heterocycles. The van der Waals surface area contributed by atoms with E-state index in [1.54, 1.807) is 47.2 Å². The molecule has 2 N–H and O–H groups in total. The van der Waals surface area contributed by atoms with Crippen molar-refractivity contribution in [2.75, 3.05) is 5.32 Å². The van der Waals surface area contributed by atoms with Gasteiger partial charge in [0.15, 0.2) is 5.69 Å². The fourth-order valence-corrected chi connectivity index (χ4v) is 3.16. The Morgan fingerprint density at radius 1 is 1.03 bits per heavy atom. The third kappa shape index (κ3) is 3.75. The van der Waals surface area contributed by atoms with Crippen LogP contribution >= 0.6 is 0 Å². The zero-order valence-corrected chi connectivity index (χ0v) is 15.9. The van der Waals surface area contributed by atoms with E-state index in [1.165, 1.54) is 0 Å². The number of para-hydroxylation sites is 1. The lowest BCUT2D eigenvalue weighted by Gasteiger charge is -2.08. The van der Waals surface area contributed by atoms with Crippen molar-refractivity contribution in [3.63, 3.8) is 0 Å². The quantitative estimate of drug-likeness (QED) is 0.527. The number of hydrogen-bond acceptors (Lipinski definition) is 4. The predicted molar refractivity (Wildman–Crippen MR) is 109 cm³/mol. The number of rotatable bonds is 6. The summed E-state index contributed by atoms with van der Waals surface area (Å²) in [6.45, 7) is 2.26. The minimum atomic E-state index is -0.378. The monoisotopic (exact) mass is 388 g/mol. The van der Waals surface area contributed by atoms with Crippen LogP contribution in [0.3, 0.4) is 0 Å². The average Bonchev–Trinajstić information content (AvgIpc) is 3.40. The highest BCUT2D eigenvalue weighted by molar-refractivity contribution is 6.06. The molecule has 0 atom stereocenters. The van der Waals surface area contributed by atoms with Crippen LogP contribution in [0.1, 0.15) is 39.4 Å². The van der Waals surface area contributed by atoms with Crippen molar-refractivity contribution in [1.29, 1.82) is 0 Å². The fraction of sp³-hybridized carbons (Fsp3) is 0.136. The molecule has 1 aromatic carbocycles. The Hall–Kier alpha value is -3.87. The van der Waals surface area contributed by atoms with E-state index in [9.17, 15) is 9.59 Å². The van der Waals surface area contributed by atoms with Crippen LogP contribution in [-0.4, -0.2) is 21.2 Å². The van der Waals surface area contributed by atoms with Gasteiger partial charge in [0.1, 0.15) is 5.76 Å². The molecule has 0 aliphatic rings. The molecule has 0 bridgehead atoms. The van der Waals surface area contributed by atoms with E-state index in [0.29, 0.717) is 11.3 Å². The predicted octanol–water partition coefficient (Wildman–Crippen LogP) is 3.67. The molecule has 0 aliphatic carbocycles. The number of aryl methyl sites for hydroxylation is 1. The largest absolute Gasteiger partial charge is 0.467 e. The van der Waals surface area contributed by atoms with Gasteiger partial charge in [0.25, 0.3) is 11.8 Å². The van der Waals surface area contributed by atoms with Gasteiger partial charge in [-0.2, -0.15) is 0 Å². The minimum absolute atomic E-state index is 0.148. The number of fused-ring (bicyclic) bond motifs is 1. The first kappa shape index (κ1) is 18.5. The smallest absolute Gasteiger partial charge is 0.292 e. The molecule has 0 saturated carbocycles. The summed E-state index contributed by atoms with van der Waals surface area (Å²) in [6, 6.07) is 16.5. The summed E-state index contributed by atoms with van der Waals surface area (Å²) in [5.74, 6) is 0.0287. The Morgan fingerprint density at radius 2 is 1.86 bits per heavy atom. The highest BCUT2D eigenvalue weighted by atomic mass is 16.3. The molecule has 3 aromatic heterocycles. The first-order valence-electron chi connectivity index (χ1n) is 9.34. The molecule has 0 unspecified atom stereocenters. The lowest BCUT2D eigenvalue weighted by molar-refractivity contribution is 0.0945. The molecule has 0 saturated heterocycles. The highest BCUT2D eigenvalue weighted by Gasteiger charge is 2.22. The summed E-state index contributed by atoms with van der Waals surface area (Å²) in [7, 11) is 0. The normalized spacial score (nSPS) is 10.8. The van der Waals surface area contributed by atoms with E-state index < -0.39 is 0 Å². The van der Waals surface area contributed by atoms with Gasteiger partial charge >= 0.3 is 0 Å². The van der Waals surface area contributed by atoms with Gasteiger partial charge in [-0.1, -0.05) is 31.2 Å². The Bertz CT molecular complexity index is 1160. The second kappa shape index (κ2) is 8.02. The van der Waals surface area contributed by atoms with Gasteiger partial charge in [0.2, 0.25) is 5.82 Å². The zero-order chi connectivity index (χ0) is 20.2. The Morgan fingerprint density at radius 3 is 2.66 bits per heavy atom. The SMILES string of the molecule is CCc1ccccc1NC(=O)c1nc(C(=O)NCc2ccco2)c2ccccn12. The number of amides is 2. The molecular weight excluding hydrogens is 368 g/mol. The lowest BCUT2D eigenvalue weighted by Crippen LogP contribution is -2.23. The van der Waals surface area contributed by atoms with Crippen LogP contribution in [0.2, 0.25) is 0 Å². The van der Waals surface area contributed by atoms with Crippen LogP contribution in [0, 0.1) is 0 Å².